The Bertz CT molecular complexity index is 594. The number of hydrogen-bond donors (Lipinski definition) is 0. The number of benzene rings is 2. The fourth-order valence-electron chi connectivity index (χ4n) is 1.88. The van der Waals surface area contributed by atoms with Crippen molar-refractivity contribution in [1.82, 2.24) is 0 Å². The Hall–Kier alpha value is -2.23. The van der Waals surface area contributed by atoms with Gasteiger partial charge in [-0.3, -0.25) is 0 Å². The van der Waals surface area contributed by atoms with Crippen LogP contribution in [0.4, 0.5) is 8.78 Å². The quantitative estimate of drug-likeness (QED) is 0.556. The van der Waals surface area contributed by atoms with Crippen LogP contribution in [0.5, 0.6) is 0 Å². The van der Waals surface area contributed by atoms with Gasteiger partial charge >= 0.3 is 0 Å². The molecule has 0 radical (unpaired) electrons. The van der Waals surface area contributed by atoms with Gasteiger partial charge in [0, 0.05) is 5.56 Å². The lowest BCUT2D eigenvalue weighted by Crippen LogP contribution is -1.91. The predicted molar refractivity (Wildman–Crippen MR) is 79.6 cm³/mol. The van der Waals surface area contributed by atoms with Crippen LogP contribution in [0, 0.1) is 0 Å². The van der Waals surface area contributed by atoms with Crippen LogP contribution in [0.2, 0.25) is 0 Å². The van der Waals surface area contributed by atoms with Gasteiger partial charge in [-0.15, -0.1) is 0 Å². The highest BCUT2D eigenvalue weighted by Gasteiger charge is 2.04. The van der Waals surface area contributed by atoms with Crippen molar-refractivity contribution in [2.75, 3.05) is 0 Å². The van der Waals surface area contributed by atoms with Gasteiger partial charge in [-0.1, -0.05) is 60.6 Å². The van der Waals surface area contributed by atoms with Gasteiger partial charge in [-0.25, -0.2) is 8.78 Å². The second-order valence-corrected chi connectivity index (χ2v) is 4.65. The first kappa shape index (κ1) is 15.2. The van der Waals surface area contributed by atoms with Crippen molar-refractivity contribution in [3.8, 4) is 0 Å². The first-order chi connectivity index (χ1) is 10.2. The van der Waals surface area contributed by atoms with Crippen LogP contribution < -0.4 is 0 Å². The molecule has 2 rings (SSSR count). The standard InChI is InChI=1S/C17H17F2NO/c1-2-13-4-3-5-15(10-13)12-21-20-11-14-6-8-16(9-7-14)17(18)19/h3-11,17H,2,12H2,1H3. The van der Waals surface area contributed by atoms with Gasteiger partial charge in [-0.2, -0.15) is 0 Å². The van der Waals surface area contributed by atoms with Gasteiger partial charge in [0.2, 0.25) is 0 Å². The molecule has 0 amide bonds. The molecule has 0 N–H and O–H groups in total. The van der Waals surface area contributed by atoms with E-state index in [2.05, 4.69) is 24.2 Å². The molecule has 0 aliphatic rings. The molecule has 0 unspecified atom stereocenters. The van der Waals surface area contributed by atoms with E-state index in [0.29, 0.717) is 6.61 Å². The molecule has 0 aliphatic heterocycles. The van der Waals surface area contributed by atoms with Crippen LogP contribution in [0.15, 0.2) is 53.7 Å². The monoisotopic (exact) mass is 289 g/mol. The molecule has 0 aromatic heterocycles. The molecular weight excluding hydrogens is 272 g/mol. The molecule has 0 bridgehead atoms. The van der Waals surface area contributed by atoms with E-state index >= 15 is 0 Å². The Morgan fingerprint density at radius 1 is 1.10 bits per heavy atom. The molecule has 2 aromatic rings. The van der Waals surface area contributed by atoms with Gasteiger partial charge in [0.15, 0.2) is 0 Å². The third-order valence-electron chi connectivity index (χ3n) is 3.10. The van der Waals surface area contributed by atoms with Gasteiger partial charge in [0.05, 0.1) is 6.21 Å². The maximum Gasteiger partial charge on any atom is 0.263 e. The van der Waals surface area contributed by atoms with E-state index in [4.69, 9.17) is 4.84 Å². The molecule has 4 heteroatoms. The molecule has 0 heterocycles. The van der Waals surface area contributed by atoms with Gasteiger partial charge < -0.3 is 4.84 Å². The third kappa shape index (κ3) is 4.67. The summed E-state index contributed by atoms with van der Waals surface area (Å²) in [5, 5.41) is 3.85. The van der Waals surface area contributed by atoms with Crippen LogP contribution in [0.25, 0.3) is 0 Å². The van der Waals surface area contributed by atoms with Gasteiger partial charge in [-0.05, 0) is 23.1 Å². The average molecular weight is 289 g/mol. The molecule has 0 saturated carbocycles. The molecule has 0 atom stereocenters. The molecule has 0 spiro atoms. The molecule has 21 heavy (non-hydrogen) atoms. The zero-order valence-corrected chi connectivity index (χ0v) is 11.8. The second-order valence-electron chi connectivity index (χ2n) is 4.65. The van der Waals surface area contributed by atoms with E-state index < -0.39 is 6.43 Å². The maximum absolute atomic E-state index is 12.4. The Labute approximate surface area is 123 Å². The third-order valence-corrected chi connectivity index (χ3v) is 3.10. The van der Waals surface area contributed by atoms with Crippen molar-refractivity contribution in [2.45, 2.75) is 26.4 Å². The summed E-state index contributed by atoms with van der Waals surface area (Å²) in [5.41, 5.74) is 3.04. The zero-order valence-electron chi connectivity index (χ0n) is 11.8. The Balaban J connectivity index is 1.87. The van der Waals surface area contributed by atoms with E-state index in [0.717, 1.165) is 17.5 Å². The minimum absolute atomic E-state index is 0.00412. The van der Waals surface area contributed by atoms with Crippen LogP contribution in [0.3, 0.4) is 0 Å². The number of halogens is 2. The van der Waals surface area contributed by atoms with Crippen molar-refractivity contribution < 1.29 is 13.6 Å². The predicted octanol–water partition coefficient (Wildman–Crippen LogP) is 4.74. The number of hydrogen-bond acceptors (Lipinski definition) is 2. The average Bonchev–Trinajstić information content (AvgIpc) is 2.52. The van der Waals surface area contributed by atoms with Crippen LogP contribution in [-0.2, 0) is 17.9 Å². The van der Waals surface area contributed by atoms with Crippen LogP contribution in [0.1, 0.15) is 35.6 Å². The van der Waals surface area contributed by atoms with Gasteiger partial charge in [0.25, 0.3) is 6.43 Å². The van der Waals surface area contributed by atoms with E-state index in [1.54, 1.807) is 12.1 Å². The SMILES string of the molecule is CCc1cccc(CON=Cc2ccc(C(F)F)cc2)c1. The van der Waals surface area contributed by atoms with Crippen molar-refractivity contribution in [1.29, 1.82) is 0 Å². The van der Waals surface area contributed by atoms with Crippen molar-refractivity contribution in [2.24, 2.45) is 5.16 Å². The lowest BCUT2D eigenvalue weighted by molar-refractivity contribution is 0.132. The molecule has 2 aromatic carbocycles. The summed E-state index contributed by atoms with van der Waals surface area (Å²) in [6.07, 6.45) is 0.0464. The summed E-state index contributed by atoms with van der Waals surface area (Å²) in [6.45, 7) is 2.49. The highest BCUT2D eigenvalue weighted by Crippen LogP contribution is 2.18. The summed E-state index contributed by atoms with van der Waals surface area (Å²) in [4.78, 5) is 5.22. The fraction of sp³-hybridized carbons (Fsp3) is 0.235. The number of aryl methyl sites for hydroxylation is 1. The Morgan fingerprint density at radius 3 is 2.48 bits per heavy atom. The largest absolute Gasteiger partial charge is 0.391 e. The Kier molecular flexibility index (Phi) is 5.43. The summed E-state index contributed by atoms with van der Waals surface area (Å²) < 4.78 is 24.8. The lowest BCUT2D eigenvalue weighted by Gasteiger charge is -2.02. The normalized spacial score (nSPS) is 11.2. The van der Waals surface area contributed by atoms with Crippen molar-refractivity contribution in [3.63, 3.8) is 0 Å². The molecule has 0 aliphatic carbocycles. The zero-order chi connectivity index (χ0) is 15.1. The highest BCUT2D eigenvalue weighted by atomic mass is 19.3. The van der Waals surface area contributed by atoms with Crippen molar-refractivity contribution >= 4 is 6.21 Å². The maximum atomic E-state index is 12.4. The summed E-state index contributed by atoms with van der Waals surface area (Å²) in [5.74, 6) is 0. The topological polar surface area (TPSA) is 21.6 Å². The number of oxime groups is 1. The first-order valence-corrected chi connectivity index (χ1v) is 6.80. The molecular formula is C17H17F2NO. The molecule has 110 valence electrons. The number of rotatable bonds is 6. The summed E-state index contributed by atoms with van der Waals surface area (Å²) >= 11 is 0. The van der Waals surface area contributed by atoms with E-state index in [9.17, 15) is 8.78 Å². The fourth-order valence-corrected chi connectivity index (χ4v) is 1.88. The highest BCUT2D eigenvalue weighted by molar-refractivity contribution is 5.79. The lowest BCUT2D eigenvalue weighted by atomic mass is 10.1. The van der Waals surface area contributed by atoms with E-state index in [1.165, 1.54) is 23.9 Å². The molecule has 0 saturated heterocycles. The molecule has 0 fully saturated rings. The van der Waals surface area contributed by atoms with Crippen LogP contribution >= 0.6 is 0 Å². The first-order valence-electron chi connectivity index (χ1n) is 6.80. The minimum Gasteiger partial charge on any atom is -0.391 e. The second kappa shape index (κ2) is 7.53. The minimum atomic E-state index is -2.45. The number of nitrogens with zero attached hydrogens (tertiary/aromatic N) is 1. The summed E-state index contributed by atoms with van der Waals surface area (Å²) in [6, 6.07) is 14.1. The number of alkyl halides is 2. The van der Waals surface area contributed by atoms with E-state index in [1.807, 2.05) is 12.1 Å². The van der Waals surface area contributed by atoms with E-state index in [-0.39, 0.29) is 5.56 Å². The summed E-state index contributed by atoms with van der Waals surface area (Å²) in [7, 11) is 0. The molecule has 2 nitrogen and oxygen atoms in total. The Morgan fingerprint density at radius 2 is 1.81 bits per heavy atom. The van der Waals surface area contributed by atoms with Crippen molar-refractivity contribution in [3.05, 3.63) is 70.8 Å². The smallest absolute Gasteiger partial charge is 0.263 e. The van der Waals surface area contributed by atoms with Crippen LogP contribution in [-0.4, -0.2) is 6.21 Å². The van der Waals surface area contributed by atoms with Gasteiger partial charge in [0.1, 0.15) is 6.61 Å².